The minimum atomic E-state index is -0.175. The Morgan fingerprint density at radius 3 is 2.41 bits per heavy atom. The number of benzene rings is 2. The van der Waals surface area contributed by atoms with E-state index >= 15 is 0 Å². The molecule has 0 atom stereocenters. The van der Waals surface area contributed by atoms with Gasteiger partial charge in [-0.1, -0.05) is 17.7 Å². The van der Waals surface area contributed by atoms with Gasteiger partial charge in [0.15, 0.2) is 11.5 Å². The molecule has 0 spiro atoms. The molecule has 1 N–H and O–H groups in total. The minimum absolute atomic E-state index is 0.175. The number of methoxy groups -OCH3 is 2. The van der Waals surface area contributed by atoms with E-state index in [9.17, 15) is 4.79 Å². The van der Waals surface area contributed by atoms with Crippen molar-refractivity contribution in [3.05, 3.63) is 50.6 Å². The maximum atomic E-state index is 12.5. The van der Waals surface area contributed by atoms with E-state index in [1.807, 2.05) is 32.0 Å². The van der Waals surface area contributed by atoms with Crippen molar-refractivity contribution < 1.29 is 14.3 Å². The number of carbonyl (C=O) groups is 1. The van der Waals surface area contributed by atoms with E-state index in [1.54, 1.807) is 26.4 Å². The quantitative estimate of drug-likeness (QED) is 0.769. The largest absolute Gasteiger partial charge is 0.493 e. The summed E-state index contributed by atoms with van der Waals surface area (Å²) in [5.74, 6) is 0.997. The molecule has 0 saturated carbocycles. The number of nitrogens with one attached hydrogen (secondary N) is 1. The molecule has 0 radical (unpaired) electrons. The molecule has 2 aromatic carbocycles. The zero-order valence-electron chi connectivity index (χ0n) is 13.0. The van der Waals surface area contributed by atoms with Crippen LogP contribution in [0.3, 0.4) is 0 Å². The van der Waals surface area contributed by atoms with Gasteiger partial charge in [0, 0.05) is 11.3 Å². The predicted octanol–water partition coefficient (Wildman–Crippen LogP) is 4.18. The lowest BCUT2D eigenvalue weighted by Gasteiger charge is -2.13. The number of carbonyl (C=O) groups excluding carboxylic acids is 1. The number of anilines is 1. The number of aryl methyl sites for hydroxylation is 2. The highest BCUT2D eigenvalue weighted by Crippen LogP contribution is 2.33. The van der Waals surface area contributed by atoms with Crippen molar-refractivity contribution in [2.24, 2.45) is 0 Å². The van der Waals surface area contributed by atoms with Gasteiger partial charge in [0.05, 0.1) is 17.8 Å². The van der Waals surface area contributed by atoms with Crippen molar-refractivity contribution in [2.45, 2.75) is 13.8 Å². The summed E-state index contributed by atoms with van der Waals surface area (Å²) in [5, 5.41) is 2.93. The van der Waals surface area contributed by atoms with Crippen molar-refractivity contribution in [1.82, 2.24) is 0 Å². The van der Waals surface area contributed by atoms with Crippen LogP contribution in [0.25, 0.3) is 0 Å². The number of rotatable bonds is 4. The molecular weight excluding hydrogens is 393 g/mol. The van der Waals surface area contributed by atoms with E-state index in [0.29, 0.717) is 17.1 Å². The summed E-state index contributed by atoms with van der Waals surface area (Å²) in [6.45, 7) is 4.00. The van der Waals surface area contributed by atoms with Crippen LogP contribution in [0.2, 0.25) is 0 Å². The number of halogens is 1. The molecule has 22 heavy (non-hydrogen) atoms. The van der Waals surface area contributed by atoms with Gasteiger partial charge in [-0.3, -0.25) is 4.79 Å². The molecule has 4 nitrogen and oxygen atoms in total. The van der Waals surface area contributed by atoms with Crippen molar-refractivity contribution in [1.29, 1.82) is 0 Å². The van der Waals surface area contributed by atoms with Gasteiger partial charge in [-0.25, -0.2) is 0 Å². The summed E-state index contributed by atoms with van der Waals surface area (Å²) >= 11 is 2.13. The van der Waals surface area contributed by atoms with Gasteiger partial charge in [0.25, 0.3) is 5.91 Å². The van der Waals surface area contributed by atoms with Crippen molar-refractivity contribution in [3.8, 4) is 11.5 Å². The second-order valence-corrected chi connectivity index (χ2v) is 6.13. The monoisotopic (exact) mass is 411 g/mol. The molecule has 0 aliphatic carbocycles. The topological polar surface area (TPSA) is 47.6 Å². The number of ether oxygens (including phenoxy) is 2. The standard InChI is InChI=1S/C17H18INO3/c1-10-5-6-14(11(2)7-10)19-17(20)12-8-13(18)16(22-4)15(9-12)21-3/h5-9H,1-4H3,(H,19,20). The Balaban J connectivity index is 2.31. The summed E-state index contributed by atoms with van der Waals surface area (Å²) in [5.41, 5.74) is 3.53. The van der Waals surface area contributed by atoms with Crippen LogP contribution < -0.4 is 14.8 Å². The van der Waals surface area contributed by atoms with Gasteiger partial charge in [-0.2, -0.15) is 0 Å². The molecular formula is C17H18INO3. The van der Waals surface area contributed by atoms with Crippen molar-refractivity contribution in [3.63, 3.8) is 0 Å². The molecule has 0 fully saturated rings. The van der Waals surface area contributed by atoms with Gasteiger partial charge in [-0.15, -0.1) is 0 Å². The zero-order valence-corrected chi connectivity index (χ0v) is 15.1. The maximum Gasteiger partial charge on any atom is 0.255 e. The first-order valence-corrected chi connectivity index (χ1v) is 7.84. The van der Waals surface area contributed by atoms with Crippen molar-refractivity contribution in [2.75, 3.05) is 19.5 Å². The summed E-state index contributed by atoms with van der Waals surface area (Å²) in [6.07, 6.45) is 0. The lowest BCUT2D eigenvalue weighted by atomic mass is 10.1. The first-order valence-electron chi connectivity index (χ1n) is 6.76. The summed E-state index contributed by atoms with van der Waals surface area (Å²) in [4.78, 5) is 12.5. The third-order valence-corrected chi connectivity index (χ3v) is 4.13. The average Bonchev–Trinajstić information content (AvgIpc) is 2.49. The predicted molar refractivity (Wildman–Crippen MR) is 96.1 cm³/mol. The second-order valence-electron chi connectivity index (χ2n) is 4.97. The molecule has 5 heteroatoms. The van der Waals surface area contributed by atoms with Gasteiger partial charge in [0.1, 0.15) is 0 Å². The van der Waals surface area contributed by atoms with Crippen LogP contribution in [0.15, 0.2) is 30.3 Å². The lowest BCUT2D eigenvalue weighted by molar-refractivity contribution is 0.102. The molecule has 0 unspecified atom stereocenters. The third-order valence-electron chi connectivity index (χ3n) is 3.33. The Morgan fingerprint density at radius 2 is 1.82 bits per heavy atom. The summed E-state index contributed by atoms with van der Waals surface area (Å²) in [6, 6.07) is 9.38. The fraction of sp³-hybridized carbons (Fsp3) is 0.235. The van der Waals surface area contributed by atoms with Crippen LogP contribution in [0.5, 0.6) is 11.5 Å². The van der Waals surface area contributed by atoms with Crippen LogP contribution >= 0.6 is 22.6 Å². The van der Waals surface area contributed by atoms with Gasteiger partial charge in [-0.05, 0) is 60.2 Å². The van der Waals surface area contributed by atoms with Crippen LogP contribution in [-0.2, 0) is 0 Å². The van der Waals surface area contributed by atoms with E-state index in [0.717, 1.165) is 20.4 Å². The Bertz CT molecular complexity index is 713. The summed E-state index contributed by atoms with van der Waals surface area (Å²) < 4.78 is 11.4. The normalized spacial score (nSPS) is 10.2. The van der Waals surface area contributed by atoms with Crippen LogP contribution in [0.1, 0.15) is 21.5 Å². The fourth-order valence-electron chi connectivity index (χ4n) is 2.20. The molecule has 1 amide bonds. The van der Waals surface area contributed by atoms with Gasteiger partial charge in [0.2, 0.25) is 0 Å². The van der Waals surface area contributed by atoms with Gasteiger partial charge < -0.3 is 14.8 Å². The highest BCUT2D eigenvalue weighted by Gasteiger charge is 2.15. The molecule has 0 bridgehead atoms. The number of hydrogen-bond acceptors (Lipinski definition) is 3. The van der Waals surface area contributed by atoms with E-state index in [-0.39, 0.29) is 5.91 Å². The lowest BCUT2D eigenvalue weighted by Crippen LogP contribution is -2.13. The highest BCUT2D eigenvalue weighted by atomic mass is 127. The average molecular weight is 411 g/mol. The molecule has 2 aromatic rings. The fourth-order valence-corrected chi connectivity index (χ4v) is 3.02. The van der Waals surface area contributed by atoms with E-state index in [1.165, 1.54) is 0 Å². The van der Waals surface area contributed by atoms with Crippen LogP contribution in [0, 0.1) is 17.4 Å². The molecule has 0 heterocycles. The Morgan fingerprint density at radius 1 is 1.09 bits per heavy atom. The maximum absolute atomic E-state index is 12.5. The smallest absolute Gasteiger partial charge is 0.255 e. The first kappa shape index (κ1) is 16.6. The van der Waals surface area contributed by atoms with E-state index < -0.39 is 0 Å². The van der Waals surface area contributed by atoms with Crippen LogP contribution in [-0.4, -0.2) is 20.1 Å². The van der Waals surface area contributed by atoms with Gasteiger partial charge >= 0.3 is 0 Å². The van der Waals surface area contributed by atoms with Crippen molar-refractivity contribution >= 4 is 34.2 Å². The first-order chi connectivity index (χ1) is 10.5. The molecule has 2 rings (SSSR count). The number of amides is 1. The molecule has 0 saturated heterocycles. The Kier molecular flexibility index (Phi) is 5.28. The molecule has 0 aromatic heterocycles. The third kappa shape index (κ3) is 3.52. The highest BCUT2D eigenvalue weighted by molar-refractivity contribution is 14.1. The van der Waals surface area contributed by atoms with E-state index in [4.69, 9.17) is 9.47 Å². The van der Waals surface area contributed by atoms with Crippen LogP contribution in [0.4, 0.5) is 5.69 Å². The Labute approximate surface area is 144 Å². The minimum Gasteiger partial charge on any atom is -0.493 e. The summed E-state index contributed by atoms with van der Waals surface area (Å²) in [7, 11) is 3.13. The zero-order chi connectivity index (χ0) is 16.3. The second kappa shape index (κ2) is 7.00. The molecule has 116 valence electrons. The SMILES string of the molecule is COc1cc(C(=O)Nc2ccc(C)cc2C)cc(I)c1OC. The Hall–Kier alpha value is -1.76. The number of hydrogen-bond donors (Lipinski definition) is 1. The molecule has 0 aliphatic heterocycles. The van der Waals surface area contributed by atoms with E-state index in [2.05, 4.69) is 27.9 Å². The molecule has 0 aliphatic rings.